The molecule has 1 aromatic rings. The fraction of sp³-hybridized carbons (Fsp3) is 0.824. The highest BCUT2D eigenvalue weighted by molar-refractivity contribution is 7.12. The second-order valence-corrected chi connectivity index (χ2v) is 8.38. The van der Waals surface area contributed by atoms with E-state index in [1.54, 1.807) is 4.88 Å². The number of thiazole rings is 1. The van der Waals surface area contributed by atoms with E-state index in [-0.39, 0.29) is 5.54 Å². The van der Waals surface area contributed by atoms with Crippen LogP contribution in [0.15, 0.2) is 0 Å². The molecule has 2 aliphatic rings. The van der Waals surface area contributed by atoms with Crippen molar-refractivity contribution >= 4 is 11.3 Å². The van der Waals surface area contributed by atoms with Crippen LogP contribution >= 0.6 is 11.3 Å². The third-order valence-corrected chi connectivity index (χ3v) is 6.46. The van der Waals surface area contributed by atoms with E-state index < -0.39 is 0 Å². The lowest BCUT2D eigenvalue weighted by molar-refractivity contribution is 0.108. The number of nitrogens with one attached hydrogen (secondary N) is 1. The van der Waals surface area contributed by atoms with Gasteiger partial charge in [-0.2, -0.15) is 0 Å². The number of hydrogen-bond donors (Lipinski definition) is 1. The maximum absolute atomic E-state index is 5.08. The zero-order valence-corrected chi connectivity index (χ0v) is 14.1. The topological polar surface area (TPSA) is 24.9 Å². The number of aryl methyl sites for hydroxylation is 2. The summed E-state index contributed by atoms with van der Waals surface area (Å²) < 4.78 is 0. The predicted octanol–water partition coefficient (Wildman–Crippen LogP) is 4.28. The first-order valence-corrected chi connectivity index (χ1v) is 9.09. The van der Waals surface area contributed by atoms with E-state index >= 15 is 0 Å². The van der Waals surface area contributed by atoms with Crippen LogP contribution in [0.2, 0.25) is 0 Å². The van der Waals surface area contributed by atoms with E-state index in [9.17, 15) is 0 Å². The van der Waals surface area contributed by atoms with Gasteiger partial charge in [-0.25, -0.2) is 4.98 Å². The molecule has 0 aromatic carbocycles. The third kappa shape index (κ3) is 2.43. The second kappa shape index (κ2) is 5.42. The standard InChI is InChI=1S/C17H28N2S/c1-11(2)19-17(10-12(3)8-9-13(17)4)16-18-14-6-5-7-15(14)20-16/h11-13,19H,5-10H2,1-4H3. The minimum Gasteiger partial charge on any atom is -0.303 e. The van der Waals surface area contributed by atoms with Crippen molar-refractivity contribution in [3.63, 3.8) is 0 Å². The van der Waals surface area contributed by atoms with Crippen LogP contribution in [0, 0.1) is 11.8 Å². The molecule has 1 N–H and O–H groups in total. The molecule has 0 amide bonds. The van der Waals surface area contributed by atoms with Gasteiger partial charge in [0.15, 0.2) is 0 Å². The Morgan fingerprint density at radius 3 is 2.75 bits per heavy atom. The van der Waals surface area contributed by atoms with Crippen LogP contribution in [0.25, 0.3) is 0 Å². The normalized spacial score (nSPS) is 33.6. The number of aromatic nitrogens is 1. The van der Waals surface area contributed by atoms with Crippen LogP contribution in [0.4, 0.5) is 0 Å². The summed E-state index contributed by atoms with van der Waals surface area (Å²) in [6, 6.07) is 0.515. The van der Waals surface area contributed by atoms with Gasteiger partial charge in [-0.05, 0) is 57.8 Å². The number of fused-ring (bicyclic) bond motifs is 1. The summed E-state index contributed by atoms with van der Waals surface area (Å²) in [5.74, 6) is 1.49. The van der Waals surface area contributed by atoms with Crippen LogP contribution < -0.4 is 5.32 Å². The largest absolute Gasteiger partial charge is 0.303 e. The lowest BCUT2D eigenvalue weighted by Gasteiger charge is -2.45. The Morgan fingerprint density at radius 2 is 2.05 bits per heavy atom. The molecule has 1 saturated carbocycles. The number of hydrogen-bond acceptors (Lipinski definition) is 3. The van der Waals surface area contributed by atoms with Crippen molar-refractivity contribution in [1.29, 1.82) is 0 Å². The van der Waals surface area contributed by atoms with Gasteiger partial charge in [0.25, 0.3) is 0 Å². The number of nitrogens with zero attached hydrogens (tertiary/aromatic N) is 1. The average molecular weight is 292 g/mol. The average Bonchev–Trinajstić information content (AvgIpc) is 2.93. The van der Waals surface area contributed by atoms with E-state index in [4.69, 9.17) is 4.98 Å². The Morgan fingerprint density at radius 1 is 1.25 bits per heavy atom. The molecule has 2 aliphatic carbocycles. The summed E-state index contributed by atoms with van der Waals surface area (Å²) in [4.78, 5) is 6.65. The van der Waals surface area contributed by atoms with Crippen LogP contribution in [0.1, 0.15) is 69.0 Å². The zero-order chi connectivity index (χ0) is 14.3. The first kappa shape index (κ1) is 14.5. The molecule has 0 aliphatic heterocycles. The lowest BCUT2D eigenvalue weighted by atomic mass is 9.69. The first-order chi connectivity index (χ1) is 9.51. The molecular formula is C17H28N2S. The van der Waals surface area contributed by atoms with Crippen molar-refractivity contribution in [2.45, 2.75) is 77.8 Å². The molecule has 112 valence electrons. The summed E-state index contributed by atoms with van der Waals surface area (Å²) in [5, 5.41) is 5.31. The maximum Gasteiger partial charge on any atom is 0.114 e. The Kier molecular flexibility index (Phi) is 3.93. The van der Waals surface area contributed by atoms with E-state index in [0.717, 1.165) is 5.92 Å². The maximum atomic E-state index is 5.08. The predicted molar refractivity (Wildman–Crippen MR) is 86.3 cm³/mol. The summed E-state index contributed by atoms with van der Waals surface area (Å²) >= 11 is 2.00. The van der Waals surface area contributed by atoms with E-state index in [1.807, 2.05) is 11.3 Å². The van der Waals surface area contributed by atoms with Crippen LogP contribution in [-0.2, 0) is 18.4 Å². The van der Waals surface area contributed by atoms with Gasteiger partial charge < -0.3 is 5.32 Å². The smallest absolute Gasteiger partial charge is 0.114 e. The van der Waals surface area contributed by atoms with Gasteiger partial charge >= 0.3 is 0 Å². The molecule has 1 aromatic heterocycles. The van der Waals surface area contributed by atoms with Gasteiger partial charge in [0.05, 0.1) is 11.2 Å². The highest BCUT2D eigenvalue weighted by Crippen LogP contribution is 2.46. The van der Waals surface area contributed by atoms with Gasteiger partial charge in [-0.3, -0.25) is 0 Å². The van der Waals surface area contributed by atoms with Crippen molar-refractivity contribution in [2.75, 3.05) is 0 Å². The fourth-order valence-electron chi connectivity index (χ4n) is 4.09. The summed E-state index contributed by atoms with van der Waals surface area (Å²) in [6.07, 6.45) is 7.71. The van der Waals surface area contributed by atoms with Gasteiger partial charge in [-0.15, -0.1) is 11.3 Å². The van der Waals surface area contributed by atoms with E-state index in [0.29, 0.717) is 12.0 Å². The quantitative estimate of drug-likeness (QED) is 0.899. The molecule has 3 heteroatoms. The molecule has 3 atom stereocenters. The van der Waals surface area contributed by atoms with Gasteiger partial charge in [0, 0.05) is 10.9 Å². The van der Waals surface area contributed by atoms with Crippen LogP contribution in [0.5, 0.6) is 0 Å². The second-order valence-electron chi connectivity index (χ2n) is 7.30. The Labute approximate surface area is 127 Å². The molecule has 20 heavy (non-hydrogen) atoms. The van der Waals surface area contributed by atoms with Crippen LogP contribution in [0.3, 0.4) is 0 Å². The van der Waals surface area contributed by atoms with Gasteiger partial charge in [-0.1, -0.05) is 20.3 Å². The highest BCUT2D eigenvalue weighted by atomic mass is 32.1. The zero-order valence-electron chi connectivity index (χ0n) is 13.3. The van der Waals surface area contributed by atoms with Crippen molar-refractivity contribution in [1.82, 2.24) is 10.3 Å². The van der Waals surface area contributed by atoms with Crippen molar-refractivity contribution in [3.8, 4) is 0 Å². The lowest BCUT2D eigenvalue weighted by Crippen LogP contribution is -2.53. The molecule has 0 saturated heterocycles. The Balaban J connectivity index is 1.99. The Bertz CT molecular complexity index is 454. The molecule has 3 unspecified atom stereocenters. The molecule has 1 heterocycles. The molecule has 0 radical (unpaired) electrons. The first-order valence-electron chi connectivity index (χ1n) is 8.28. The monoisotopic (exact) mass is 292 g/mol. The van der Waals surface area contributed by atoms with Gasteiger partial charge in [0.2, 0.25) is 0 Å². The summed E-state index contributed by atoms with van der Waals surface area (Å²) in [7, 11) is 0. The minimum atomic E-state index is 0.126. The van der Waals surface area contributed by atoms with Crippen molar-refractivity contribution < 1.29 is 0 Å². The molecule has 3 rings (SSSR count). The SMILES string of the molecule is CC1CCC(C)C(NC(C)C)(c2nc3c(s2)CCC3)C1. The van der Waals surface area contributed by atoms with E-state index in [1.165, 1.54) is 49.2 Å². The Hall–Kier alpha value is -0.410. The molecule has 2 nitrogen and oxygen atoms in total. The summed E-state index contributed by atoms with van der Waals surface area (Å²) in [5.41, 5.74) is 1.53. The van der Waals surface area contributed by atoms with Gasteiger partial charge in [0.1, 0.15) is 5.01 Å². The van der Waals surface area contributed by atoms with E-state index in [2.05, 4.69) is 33.0 Å². The molecular weight excluding hydrogens is 264 g/mol. The number of rotatable bonds is 3. The third-order valence-electron chi connectivity index (χ3n) is 5.13. The highest BCUT2D eigenvalue weighted by Gasteiger charge is 2.45. The molecule has 0 bridgehead atoms. The van der Waals surface area contributed by atoms with Crippen LogP contribution in [-0.4, -0.2) is 11.0 Å². The molecule has 0 spiro atoms. The fourth-order valence-corrected chi connectivity index (χ4v) is 5.52. The molecule has 1 fully saturated rings. The van der Waals surface area contributed by atoms with Crippen molar-refractivity contribution in [2.24, 2.45) is 11.8 Å². The van der Waals surface area contributed by atoms with Crippen molar-refractivity contribution in [3.05, 3.63) is 15.6 Å². The summed E-state index contributed by atoms with van der Waals surface area (Å²) in [6.45, 7) is 9.38. The minimum absolute atomic E-state index is 0.126.